The van der Waals surface area contributed by atoms with Gasteiger partial charge in [0.2, 0.25) is 5.88 Å². The molecule has 0 saturated carbocycles. The monoisotopic (exact) mass is 386 g/mol. The lowest BCUT2D eigenvalue weighted by atomic mass is 10.0. The van der Waals surface area contributed by atoms with Gasteiger partial charge in [-0.05, 0) is 30.2 Å². The number of hydrogen-bond acceptors (Lipinski definition) is 5. The largest absolute Gasteiger partial charge is 0.475 e. The van der Waals surface area contributed by atoms with Gasteiger partial charge in [-0.25, -0.2) is 15.0 Å². The van der Waals surface area contributed by atoms with Crippen molar-refractivity contribution in [3.05, 3.63) is 72.2 Å². The van der Waals surface area contributed by atoms with E-state index in [1.807, 2.05) is 18.2 Å². The first kappa shape index (κ1) is 17.8. The molecule has 146 valence electrons. The highest BCUT2D eigenvalue weighted by Crippen LogP contribution is 2.35. The van der Waals surface area contributed by atoms with Gasteiger partial charge < -0.3 is 14.0 Å². The molecular formula is C23H22N4O2. The Morgan fingerprint density at radius 3 is 2.79 bits per heavy atom. The molecule has 6 nitrogen and oxygen atoms in total. The number of aryl methyl sites for hydroxylation is 1. The second-order valence-electron chi connectivity index (χ2n) is 7.13. The summed E-state index contributed by atoms with van der Waals surface area (Å²) in [5, 5.41) is 0. The van der Waals surface area contributed by atoms with E-state index >= 15 is 0 Å². The second kappa shape index (κ2) is 7.64. The highest BCUT2D eigenvalue weighted by atomic mass is 16.5. The summed E-state index contributed by atoms with van der Waals surface area (Å²) in [7, 11) is 1.65. The van der Waals surface area contributed by atoms with E-state index in [2.05, 4.69) is 45.9 Å². The summed E-state index contributed by atoms with van der Waals surface area (Å²) >= 11 is 0. The zero-order valence-electron chi connectivity index (χ0n) is 16.3. The van der Waals surface area contributed by atoms with Crippen molar-refractivity contribution in [2.75, 3.05) is 20.3 Å². The zero-order valence-corrected chi connectivity index (χ0v) is 16.3. The molecule has 0 unspecified atom stereocenters. The minimum Gasteiger partial charge on any atom is -0.475 e. The van der Waals surface area contributed by atoms with Gasteiger partial charge in [-0.15, -0.1) is 0 Å². The molecule has 1 atom stereocenters. The molecule has 0 N–H and O–H groups in total. The van der Waals surface area contributed by atoms with Gasteiger partial charge in [-0.3, -0.25) is 0 Å². The number of methoxy groups -OCH3 is 1. The molecule has 1 aliphatic rings. The van der Waals surface area contributed by atoms with Crippen LogP contribution in [0.3, 0.4) is 0 Å². The summed E-state index contributed by atoms with van der Waals surface area (Å²) in [5.74, 6) is 1.68. The van der Waals surface area contributed by atoms with Crippen LogP contribution < -0.4 is 4.74 Å². The van der Waals surface area contributed by atoms with Crippen LogP contribution in [0.4, 0.5) is 0 Å². The Morgan fingerprint density at radius 1 is 1.03 bits per heavy atom. The Balaban J connectivity index is 1.52. The number of imidazole rings is 1. The molecule has 0 saturated heterocycles. The summed E-state index contributed by atoms with van der Waals surface area (Å²) in [4.78, 5) is 14.1. The molecule has 3 aromatic heterocycles. The van der Waals surface area contributed by atoms with Gasteiger partial charge in [-0.2, -0.15) is 0 Å². The maximum Gasteiger partial charge on any atom is 0.213 e. The van der Waals surface area contributed by atoms with Crippen LogP contribution >= 0.6 is 0 Å². The van der Waals surface area contributed by atoms with Crippen molar-refractivity contribution < 1.29 is 9.47 Å². The van der Waals surface area contributed by atoms with Crippen LogP contribution in [0.25, 0.3) is 22.4 Å². The Labute approximate surface area is 169 Å². The maximum atomic E-state index is 5.65. The number of rotatable bonds is 6. The highest BCUT2D eigenvalue weighted by molar-refractivity contribution is 5.77. The standard InChI is InChI=1S/C23H22N4O2/c1-28-13-14-29-22-15-17(11-12-24-22)18-7-8-19-23(26-18)27-20(9-10-21(27)25-19)16-5-3-2-4-6-16/h2-8,11-12,15,20H,9-10,13-14H2,1H3/t20-/m1/s1. The quantitative estimate of drug-likeness (QED) is 0.468. The molecule has 0 aliphatic carbocycles. The number of fused-ring (bicyclic) bond motifs is 3. The van der Waals surface area contributed by atoms with E-state index < -0.39 is 0 Å². The molecule has 0 radical (unpaired) electrons. The fraction of sp³-hybridized carbons (Fsp3) is 0.261. The van der Waals surface area contributed by atoms with Crippen molar-refractivity contribution >= 4 is 11.2 Å². The highest BCUT2D eigenvalue weighted by Gasteiger charge is 2.27. The van der Waals surface area contributed by atoms with Gasteiger partial charge in [0, 0.05) is 31.4 Å². The first-order chi connectivity index (χ1) is 14.3. The van der Waals surface area contributed by atoms with Crippen LogP contribution in [-0.2, 0) is 11.2 Å². The van der Waals surface area contributed by atoms with Gasteiger partial charge in [0.15, 0.2) is 5.65 Å². The third kappa shape index (κ3) is 3.36. The third-order valence-electron chi connectivity index (χ3n) is 5.32. The van der Waals surface area contributed by atoms with E-state index in [0.29, 0.717) is 19.1 Å². The first-order valence-electron chi connectivity index (χ1n) is 9.84. The summed E-state index contributed by atoms with van der Waals surface area (Å²) < 4.78 is 13.0. The number of ether oxygens (including phenoxy) is 2. The van der Waals surface area contributed by atoms with E-state index in [9.17, 15) is 0 Å². The number of benzene rings is 1. The second-order valence-corrected chi connectivity index (χ2v) is 7.13. The van der Waals surface area contributed by atoms with Crippen molar-refractivity contribution in [1.29, 1.82) is 0 Å². The van der Waals surface area contributed by atoms with Crippen molar-refractivity contribution in [3.63, 3.8) is 0 Å². The molecular weight excluding hydrogens is 364 g/mol. The van der Waals surface area contributed by atoms with Gasteiger partial charge in [0.25, 0.3) is 0 Å². The van der Waals surface area contributed by atoms with Gasteiger partial charge in [0.05, 0.1) is 18.3 Å². The average Bonchev–Trinajstić information content (AvgIpc) is 3.34. The van der Waals surface area contributed by atoms with Crippen LogP contribution in [-0.4, -0.2) is 39.8 Å². The molecule has 6 heteroatoms. The summed E-state index contributed by atoms with van der Waals surface area (Å²) in [6, 6.07) is 18.8. The predicted octanol–water partition coefficient (Wildman–Crippen LogP) is 4.05. The number of pyridine rings is 2. The van der Waals surface area contributed by atoms with E-state index in [4.69, 9.17) is 19.4 Å². The molecule has 0 bridgehead atoms. The Morgan fingerprint density at radius 2 is 1.93 bits per heavy atom. The maximum absolute atomic E-state index is 5.65. The first-order valence-corrected chi connectivity index (χ1v) is 9.84. The zero-order chi connectivity index (χ0) is 19.6. The van der Waals surface area contributed by atoms with Crippen LogP contribution in [0.2, 0.25) is 0 Å². The Bertz CT molecular complexity index is 1140. The minimum atomic E-state index is 0.282. The fourth-order valence-corrected chi connectivity index (χ4v) is 3.95. The average molecular weight is 386 g/mol. The Kier molecular flexibility index (Phi) is 4.69. The third-order valence-corrected chi connectivity index (χ3v) is 5.32. The van der Waals surface area contributed by atoms with Crippen molar-refractivity contribution in [2.24, 2.45) is 0 Å². The molecule has 1 aliphatic heterocycles. The summed E-state index contributed by atoms with van der Waals surface area (Å²) in [5.41, 5.74) is 5.03. The van der Waals surface area contributed by atoms with Crippen LogP contribution in [0.15, 0.2) is 60.8 Å². The smallest absolute Gasteiger partial charge is 0.213 e. The predicted molar refractivity (Wildman–Crippen MR) is 111 cm³/mol. The van der Waals surface area contributed by atoms with Crippen LogP contribution in [0.1, 0.15) is 23.9 Å². The van der Waals surface area contributed by atoms with Gasteiger partial charge in [0.1, 0.15) is 17.9 Å². The van der Waals surface area contributed by atoms with Crippen molar-refractivity contribution in [3.8, 4) is 17.1 Å². The molecule has 29 heavy (non-hydrogen) atoms. The molecule has 0 amide bonds. The number of aromatic nitrogens is 4. The molecule has 0 fully saturated rings. The Hall–Kier alpha value is -3.25. The van der Waals surface area contributed by atoms with Gasteiger partial charge >= 0.3 is 0 Å². The summed E-state index contributed by atoms with van der Waals surface area (Å²) in [6.07, 6.45) is 3.77. The minimum absolute atomic E-state index is 0.282. The lowest BCUT2D eigenvalue weighted by Crippen LogP contribution is -2.06. The lowest BCUT2D eigenvalue weighted by molar-refractivity contribution is 0.144. The SMILES string of the molecule is COCCOc1cc(-c2ccc3nc4n(c3n2)[C@@H](c2ccccc2)CC4)ccn1. The fourth-order valence-electron chi connectivity index (χ4n) is 3.95. The van der Waals surface area contributed by atoms with Crippen LogP contribution in [0, 0.1) is 0 Å². The van der Waals surface area contributed by atoms with E-state index in [1.165, 1.54) is 5.56 Å². The van der Waals surface area contributed by atoms with Crippen molar-refractivity contribution in [1.82, 2.24) is 19.5 Å². The molecule has 4 heterocycles. The lowest BCUT2D eigenvalue weighted by Gasteiger charge is -2.14. The number of hydrogen-bond donors (Lipinski definition) is 0. The molecule has 4 aromatic rings. The number of nitrogens with zero attached hydrogens (tertiary/aromatic N) is 4. The molecule has 1 aromatic carbocycles. The van der Waals surface area contributed by atoms with Crippen molar-refractivity contribution in [2.45, 2.75) is 18.9 Å². The van der Waals surface area contributed by atoms with Crippen LogP contribution in [0.5, 0.6) is 5.88 Å². The normalized spacial score (nSPS) is 15.6. The molecule has 0 spiro atoms. The van der Waals surface area contributed by atoms with E-state index in [0.717, 1.165) is 41.1 Å². The van der Waals surface area contributed by atoms with Gasteiger partial charge in [-0.1, -0.05) is 30.3 Å². The topological polar surface area (TPSA) is 62.1 Å². The van der Waals surface area contributed by atoms with E-state index in [-0.39, 0.29) is 6.04 Å². The summed E-state index contributed by atoms with van der Waals surface area (Å²) in [6.45, 7) is 0.993. The van der Waals surface area contributed by atoms with E-state index in [1.54, 1.807) is 13.3 Å². The molecule has 5 rings (SSSR count).